The Morgan fingerprint density at radius 1 is 1.20 bits per heavy atom. The second-order valence-electron chi connectivity index (χ2n) is 4.28. The highest BCUT2D eigenvalue weighted by Gasteiger charge is 2.22. The molecule has 20 heavy (non-hydrogen) atoms. The third-order valence-corrected chi connectivity index (χ3v) is 3.96. The molecule has 0 unspecified atom stereocenters. The van der Waals surface area contributed by atoms with Crippen LogP contribution < -0.4 is 10.1 Å². The average Bonchev–Trinajstić information content (AvgIpc) is 2.61. The first kappa shape index (κ1) is 12.8. The largest absolute Gasteiger partial charge is 0.453 e. The van der Waals surface area contributed by atoms with E-state index in [1.54, 1.807) is 17.8 Å². The fourth-order valence-electron chi connectivity index (χ4n) is 2.02. The number of para-hydroxylation sites is 3. The van der Waals surface area contributed by atoms with E-state index in [0.29, 0.717) is 22.7 Å². The molecule has 3 rings (SSSR count). The van der Waals surface area contributed by atoms with Crippen LogP contribution in [0.25, 0.3) is 0 Å². The molecular weight excluding hydrogens is 270 g/mol. The van der Waals surface area contributed by atoms with E-state index in [4.69, 9.17) is 4.74 Å². The van der Waals surface area contributed by atoms with Crippen LogP contribution in [0.15, 0.2) is 60.0 Å². The Kier molecular flexibility index (Phi) is 3.48. The van der Waals surface area contributed by atoms with Crippen molar-refractivity contribution in [3.05, 3.63) is 60.7 Å². The number of nitrogens with one attached hydrogen (secondary N) is 1. The van der Waals surface area contributed by atoms with Crippen molar-refractivity contribution in [3.8, 4) is 11.5 Å². The van der Waals surface area contributed by atoms with Gasteiger partial charge in [-0.25, -0.2) is 0 Å². The molecule has 0 spiro atoms. The molecule has 0 atom stereocenters. The predicted molar refractivity (Wildman–Crippen MR) is 81.8 cm³/mol. The van der Waals surface area contributed by atoms with Crippen LogP contribution in [-0.4, -0.2) is 11.7 Å². The van der Waals surface area contributed by atoms with Gasteiger partial charge in [0.25, 0.3) is 5.91 Å². The van der Waals surface area contributed by atoms with E-state index in [1.807, 2.05) is 42.5 Å². The highest BCUT2D eigenvalue weighted by molar-refractivity contribution is 7.99. The molecular formula is C16H13NO2S. The van der Waals surface area contributed by atoms with Gasteiger partial charge in [-0.05, 0) is 24.3 Å². The number of ether oxygens (including phenoxy) is 1. The summed E-state index contributed by atoms with van der Waals surface area (Å²) in [6.45, 7) is 3.72. The van der Waals surface area contributed by atoms with Gasteiger partial charge in [0.15, 0.2) is 11.5 Å². The first-order chi connectivity index (χ1) is 9.79. The van der Waals surface area contributed by atoms with Gasteiger partial charge >= 0.3 is 0 Å². The smallest absolute Gasteiger partial charge is 0.259 e. The lowest BCUT2D eigenvalue weighted by Crippen LogP contribution is -2.10. The maximum atomic E-state index is 12.3. The summed E-state index contributed by atoms with van der Waals surface area (Å²) in [5, 5.41) is 2.87. The molecule has 1 aliphatic heterocycles. The molecule has 0 bridgehead atoms. The Bertz CT molecular complexity index is 682. The summed E-state index contributed by atoms with van der Waals surface area (Å²) in [4.78, 5) is 13.2. The fourth-order valence-corrected chi connectivity index (χ4v) is 2.78. The molecule has 0 saturated carbocycles. The molecule has 1 aliphatic rings. The number of fused-ring (bicyclic) bond motifs is 2. The summed E-state index contributed by atoms with van der Waals surface area (Å²) in [6.07, 6.45) is 1.83. The summed E-state index contributed by atoms with van der Waals surface area (Å²) >= 11 is 1.60. The highest BCUT2D eigenvalue weighted by Crippen LogP contribution is 2.40. The highest BCUT2D eigenvalue weighted by atomic mass is 32.2. The summed E-state index contributed by atoms with van der Waals surface area (Å²) in [5.41, 5.74) is 1.24. The molecule has 2 aromatic rings. The van der Waals surface area contributed by atoms with Gasteiger partial charge in [-0.15, -0.1) is 18.3 Å². The summed E-state index contributed by atoms with van der Waals surface area (Å²) in [5.74, 6) is 1.89. The van der Waals surface area contributed by atoms with Crippen molar-refractivity contribution >= 4 is 23.4 Å². The van der Waals surface area contributed by atoms with Gasteiger partial charge < -0.3 is 10.1 Å². The molecule has 100 valence electrons. The van der Waals surface area contributed by atoms with E-state index in [1.165, 1.54) is 0 Å². The van der Waals surface area contributed by atoms with Crippen LogP contribution in [0.5, 0.6) is 11.5 Å². The Labute approximate surface area is 121 Å². The minimum Gasteiger partial charge on any atom is -0.453 e. The molecule has 2 aromatic carbocycles. The number of anilines is 1. The molecule has 0 fully saturated rings. The Balaban J connectivity index is 2.10. The van der Waals surface area contributed by atoms with E-state index in [-0.39, 0.29) is 5.91 Å². The monoisotopic (exact) mass is 283 g/mol. The lowest BCUT2D eigenvalue weighted by molar-refractivity contribution is 0.102. The van der Waals surface area contributed by atoms with E-state index < -0.39 is 0 Å². The van der Waals surface area contributed by atoms with Crippen molar-refractivity contribution < 1.29 is 9.53 Å². The van der Waals surface area contributed by atoms with E-state index in [9.17, 15) is 4.79 Å². The predicted octanol–water partition coefficient (Wildman–Crippen LogP) is 4.32. The zero-order valence-electron chi connectivity index (χ0n) is 10.8. The number of amides is 1. The van der Waals surface area contributed by atoms with Crippen LogP contribution in [-0.2, 0) is 0 Å². The summed E-state index contributed by atoms with van der Waals surface area (Å²) < 4.78 is 5.96. The van der Waals surface area contributed by atoms with Crippen LogP contribution in [0.2, 0.25) is 0 Å². The minimum atomic E-state index is -0.147. The van der Waals surface area contributed by atoms with Gasteiger partial charge in [0.1, 0.15) is 0 Å². The quantitative estimate of drug-likeness (QED) is 0.673. The second-order valence-corrected chi connectivity index (χ2v) is 5.35. The first-order valence-corrected chi connectivity index (χ1v) is 7.23. The molecule has 4 heteroatoms. The number of hydrogen-bond donors (Lipinski definition) is 1. The summed E-state index contributed by atoms with van der Waals surface area (Å²) in [7, 11) is 0. The van der Waals surface area contributed by atoms with Crippen molar-refractivity contribution in [1.82, 2.24) is 0 Å². The zero-order valence-corrected chi connectivity index (χ0v) is 11.6. The lowest BCUT2D eigenvalue weighted by atomic mass is 10.2. The first-order valence-electron chi connectivity index (χ1n) is 6.24. The number of carbonyl (C=O) groups is 1. The van der Waals surface area contributed by atoms with Gasteiger partial charge in [-0.3, -0.25) is 4.79 Å². The Morgan fingerprint density at radius 3 is 2.90 bits per heavy atom. The number of rotatable bonds is 3. The van der Waals surface area contributed by atoms with E-state index in [2.05, 4.69) is 11.9 Å². The van der Waals surface area contributed by atoms with Gasteiger partial charge in [-0.1, -0.05) is 24.3 Å². The standard InChI is InChI=1S/C16H13NO2S/c1-2-10-20-14-9-5-6-11-15(14)19-13-8-4-3-7-12(13)17-16(11)18/h2-9H,1,10H2,(H,17,18). The fraction of sp³-hybridized carbons (Fsp3) is 0.0625. The van der Waals surface area contributed by atoms with E-state index in [0.717, 1.165) is 10.6 Å². The second kappa shape index (κ2) is 5.43. The van der Waals surface area contributed by atoms with Gasteiger partial charge in [0.05, 0.1) is 16.1 Å². The number of hydrogen-bond acceptors (Lipinski definition) is 3. The third-order valence-electron chi connectivity index (χ3n) is 2.93. The maximum Gasteiger partial charge on any atom is 0.259 e. The molecule has 1 N–H and O–H groups in total. The van der Waals surface area contributed by atoms with Crippen LogP contribution in [0, 0.1) is 0 Å². The van der Waals surface area contributed by atoms with Crippen molar-refractivity contribution in [2.45, 2.75) is 4.90 Å². The molecule has 1 heterocycles. The maximum absolute atomic E-state index is 12.3. The van der Waals surface area contributed by atoms with Crippen LogP contribution >= 0.6 is 11.8 Å². The van der Waals surface area contributed by atoms with Crippen molar-refractivity contribution in [1.29, 1.82) is 0 Å². The lowest BCUT2D eigenvalue weighted by Gasteiger charge is -2.11. The van der Waals surface area contributed by atoms with Crippen molar-refractivity contribution in [3.63, 3.8) is 0 Å². The number of thioether (sulfide) groups is 1. The molecule has 0 radical (unpaired) electrons. The molecule has 3 nitrogen and oxygen atoms in total. The normalized spacial score (nSPS) is 12.5. The number of benzene rings is 2. The average molecular weight is 283 g/mol. The van der Waals surface area contributed by atoms with Crippen LogP contribution in [0.4, 0.5) is 5.69 Å². The number of carbonyl (C=O) groups excluding carboxylic acids is 1. The van der Waals surface area contributed by atoms with Crippen LogP contribution in [0.1, 0.15) is 10.4 Å². The van der Waals surface area contributed by atoms with Crippen molar-refractivity contribution in [2.75, 3.05) is 11.1 Å². The molecule has 0 aromatic heterocycles. The topological polar surface area (TPSA) is 38.3 Å². The zero-order chi connectivity index (χ0) is 13.9. The van der Waals surface area contributed by atoms with E-state index >= 15 is 0 Å². The molecule has 0 aliphatic carbocycles. The molecule has 1 amide bonds. The van der Waals surface area contributed by atoms with Gasteiger partial charge in [0, 0.05) is 5.75 Å². The Hall–Kier alpha value is -2.20. The van der Waals surface area contributed by atoms with Gasteiger partial charge in [0.2, 0.25) is 0 Å². The van der Waals surface area contributed by atoms with Gasteiger partial charge in [-0.2, -0.15) is 0 Å². The third kappa shape index (κ3) is 2.30. The summed E-state index contributed by atoms with van der Waals surface area (Å²) in [6, 6.07) is 13.0. The SMILES string of the molecule is C=CCSc1cccc2c1Oc1ccccc1NC2=O. The molecule has 0 saturated heterocycles. The van der Waals surface area contributed by atoms with Crippen molar-refractivity contribution in [2.24, 2.45) is 0 Å². The Morgan fingerprint density at radius 2 is 2.05 bits per heavy atom. The minimum absolute atomic E-state index is 0.147. The van der Waals surface area contributed by atoms with Crippen LogP contribution in [0.3, 0.4) is 0 Å².